The Morgan fingerprint density at radius 3 is 1.35 bits per heavy atom. The van der Waals surface area contributed by atoms with E-state index in [0.717, 1.165) is 5.56 Å². The summed E-state index contributed by atoms with van der Waals surface area (Å²) in [6.07, 6.45) is 0. The third kappa shape index (κ3) is 14.9. The van der Waals surface area contributed by atoms with Gasteiger partial charge in [-0.05, 0) is 19.4 Å². The summed E-state index contributed by atoms with van der Waals surface area (Å²) in [7, 11) is 0. The fourth-order valence-electron chi connectivity index (χ4n) is 0.846. The molecule has 1 aromatic rings. The first kappa shape index (κ1) is 25.0. The first-order valence-electron chi connectivity index (χ1n) is 4.00. The number of benzene rings is 1. The molecule has 0 amide bonds. The molecular weight excluding hydrogens is 260 g/mol. The SMILES string of the molecule is CC(C)(O)c1ccccc1.[C-]#[O+].[C-]#[O+].[C-]#[O+].[Cr]. The van der Waals surface area contributed by atoms with Crippen molar-refractivity contribution < 1.29 is 36.4 Å². The maximum atomic E-state index is 9.49. The van der Waals surface area contributed by atoms with Crippen molar-refractivity contribution in [1.29, 1.82) is 0 Å². The molecule has 0 aromatic heterocycles. The summed E-state index contributed by atoms with van der Waals surface area (Å²) in [5, 5.41) is 9.49. The van der Waals surface area contributed by atoms with Crippen molar-refractivity contribution in [2.45, 2.75) is 19.4 Å². The Morgan fingerprint density at radius 2 is 1.18 bits per heavy atom. The molecule has 0 spiro atoms. The largest absolute Gasteiger partial charge is 0 e. The molecular formula is C12H12CrO4. The van der Waals surface area contributed by atoms with Crippen LogP contribution in [0.1, 0.15) is 19.4 Å². The van der Waals surface area contributed by atoms with Gasteiger partial charge < -0.3 is 5.11 Å². The van der Waals surface area contributed by atoms with Crippen LogP contribution in [-0.2, 0) is 36.9 Å². The molecule has 1 N–H and O–H groups in total. The maximum Gasteiger partial charge on any atom is 0 e. The fraction of sp³-hybridized carbons (Fsp3) is 0.250. The molecule has 4 nitrogen and oxygen atoms in total. The third-order valence-corrected chi connectivity index (χ3v) is 1.48. The molecule has 17 heavy (non-hydrogen) atoms. The normalized spacial score (nSPS) is 7.12. The first-order valence-corrected chi connectivity index (χ1v) is 4.00. The van der Waals surface area contributed by atoms with Crippen molar-refractivity contribution >= 4 is 0 Å². The van der Waals surface area contributed by atoms with Crippen LogP contribution in [0.4, 0.5) is 0 Å². The minimum Gasteiger partial charge on any atom is 0 e. The molecule has 1 aromatic carbocycles. The van der Waals surface area contributed by atoms with E-state index in [-0.39, 0.29) is 17.4 Å². The van der Waals surface area contributed by atoms with E-state index >= 15 is 0 Å². The summed E-state index contributed by atoms with van der Waals surface area (Å²) < 4.78 is 22.5. The van der Waals surface area contributed by atoms with Crippen LogP contribution < -0.4 is 0 Å². The molecule has 0 saturated carbocycles. The van der Waals surface area contributed by atoms with Gasteiger partial charge in [-0.1, -0.05) is 30.3 Å². The van der Waals surface area contributed by atoms with E-state index in [1.165, 1.54) is 0 Å². The van der Waals surface area contributed by atoms with E-state index in [0.29, 0.717) is 0 Å². The predicted molar refractivity (Wildman–Crippen MR) is 53.5 cm³/mol. The van der Waals surface area contributed by atoms with Crippen LogP contribution in [-0.4, -0.2) is 5.11 Å². The van der Waals surface area contributed by atoms with Crippen molar-refractivity contribution in [3.05, 3.63) is 55.8 Å². The summed E-state index contributed by atoms with van der Waals surface area (Å²) in [5.41, 5.74) is 0.247. The zero-order chi connectivity index (χ0) is 13.6. The van der Waals surface area contributed by atoms with Crippen LogP contribution in [0, 0.1) is 20.0 Å². The van der Waals surface area contributed by atoms with Crippen LogP contribution in [0.25, 0.3) is 0 Å². The Morgan fingerprint density at radius 1 is 0.882 bits per heavy atom. The van der Waals surface area contributed by atoms with Gasteiger partial charge in [0.15, 0.2) is 0 Å². The Kier molecular flexibility index (Phi) is 25.4. The van der Waals surface area contributed by atoms with Gasteiger partial charge in [0, 0.05) is 17.4 Å². The smallest absolute Gasteiger partial charge is 0 e. The number of hydrogen-bond donors (Lipinski definition) is 1. The van der Waals surface area contributed by atoms with E-state index in [2.05, 4.69) is 20.0 Å². The minimum atomic E-state index is -0.707. The molecule has 0 bridgehead atoms. The van der Waals surface area contributed by atoms with Crippen LogP contribution in [0.15, 0.2) is 30.3 Å². The van der Waals surface area contributed by atoms with Gasteiger partial charge in [-0.25, -0.2) is 0 Å². The van der Waals surface area contributed by atoms with Gasteiger partial charge in [-0.3, -0.25) is 0 Å². The van der Waals surface area contributed by atoms with E-state index in [9.17, 15) is 5.11 Å². The fourth-order valence-corrected chi connectivity index (χ4v) is 0.846. The maximum absolute atomic E-state index is 9.49. The van der Waals surface area contributed by atoms with Crippen molar-refractivity contribution in [2.24, 2.45) is 0 Å². The van der Waals surface area contributed by atoms with Crippen molar-refractivity contribution in [2.75, 3.05) is 0 Å². The summed E-state index contributed by atoms with van der Waals surface area (Å²) in [6, 6.07) is 9.62. The molecule has 0 fully saturated rings. The Hall–Kier alpha value is -1.07. The van der Waals surface area contributed by atoms with Crippen LogP contribution in [0.3, 0.4) is 0 Å². The summed E-state index contributed by atoms with van der Waals surface area (Å²) in [6.45, 7) is 17.1. The molecule has 0 atom stereocenters. The minimum absolute atomic E-state index is 0. The first-order chi connectivity index (χ1) is 7.61. The molecule has 5 heteroatoms. The second-order valence-electron chi connectivity index (χ2n) is 2.93. The molecule has 0 aliphatic carbocycles. The second kappa shape index (κ2) is 17.3. The van der Waals surface area contributed by atoms with Gasteiger partial charge in [-0.15, -0.1) is 0 Å². The van der Waals surface area contributed by atoms with Gasteiger partial charge in [0.1, 0.15) is 0 Å². The van der Waals surface area contributed by atoms with Crippen LogP contribution >= 0.6 is 0 Å². The average molecular weight is 272 g/mol. The Labute approximate surface area is 112 Å². The summed E-state index contributed by atoms with van der Waals surface area (Å²) in [4.78, 5) is 0. The third-order valence-electron chi connectivity index (χ3n) is 1.48. The molecule has 0 unspecified atom stereocenters. The molecule has 1 rings (SSSR count). The average Bonchev–Trinajstić information content (AvgIpc) is 2.37. The molecule has 90 valence electrons. The van der Waals surface area contributed by atoms with Gasteiger partial charge in [0.05, 0.1) is 5.60 Å². The molecule has 0 radical (unpaired) electrons. The molecule has 0 aliphatic rings. The molecule has 0 aliphatic heterocycles. The van der Waals surface area contributed by atoms with Crippen LogP contribution in [0.2, 0.25) is 0 Å². The van der Waals surface area contributed by atoms with E-state index in [1.54, 1.807) is 13.8 Å². The van der Waals surface area contributed by atoms with Crippen molar-refractivity contribution in [1.82, 2.24) is 0 Å². The van der Waals surface area contributed by atoms with Crippen LogP contribution in [0.5, 0.6) is 0 Å². The summed E-state index contributed by atoms with van der Waals surface area (Å²) in [5.74, 6) is 0. The zero-order valence-corrected chi connectivity index (χ0v) is 10.7. The van der Waals surface area contributed by atoms with Gasteiger partial charge >= 0.3 is 33.9 Å². The standard InChI is InChI=1S/C9H12O.3CO.Cr/c1-9(2,10)8-6-4-3-5-7-8;3*1-2;/h3-7,10H,1-2H3;;;;. The topological polar surface area (TPSA) is 79.9 Å². The predicted octanol–water partition coefficient (Wildman–Crippen LogP) is 1.80. The van der Waals surface area contributed by atoms with E-state index in [1.807, 2.05) is 30.3 Å². The number of aliphatic hydroxyl groups is 1. The quantitative estimate of drug-likeness (QED) is 0.614. The number of hydrogen-bond acceptors (Lipinski definition) is 1. The number of rotatable bonds is 1. The second-order valence-corrected chi connectivity index (χ2v) is 2.93. The van der Waals surface area contributed by atoms with E-state index < -0.39 is 5.60 Å². The summed E-state index contributed by atoms with van der Waals surface area (Å²) >= 11 is 0. The monoisotopic (exact) mass is 272 g/mol. The van der Waals surface area contributed by atoms with E-state index in [4.69, 9.17) is 14.0 Å². The molecule has 0 saturated heterocycles. The van der Waals surface area contributed by atoms with Gasteiger partial charge in [0.2, 0.25) is 0 Å². The van der Waals surface area contributed by atoms with Gasteiger partial charge in [-0.2, -0.15) is 0 Å². The zero-order valence-electron chi connectivity index (χ0n) is 9.47. The molecule has 0 heterocycles. The van der Waals surface area contributed by atoms with Crippen molar-refractivity contribution in [3.63, 3.8) is 0 Å². The van der Waals surface area contributed by atoms with Crippen molar-refractivity contribution in [3.8, 4) is 0 Å². The Balaban J connectivity index is -0.000000106. The van der Waals surface area contributed by atoms with Gasteiger partial charge in [0.25, 0.3) is 0 Å². The Bertz CT molecular complexity index is 294.